The van der Waals surface area contributed by atoms with Crippen molar-refractivity contribution < 1.29 is 9.90 Å². The van der Waals surface area contributed by atoms with Crippen molar-refractivity contribution in [1.29, 1.82) is 0 Å². The van der Waals surface area contributed by atoms with Crippen LogP contribution in [-0.4, -0.2) is 26.3 Å². The van der Waals surface area contributed by atoms with E-state index in [2.05, 4.69) is 15.2 Å². The van der Waals surface area contributed by atoms with Crippen LogP contribution in [0.15, 0.2) is 12.1 Å². The third-order valence-corrected chi connectivity index (χ3v) is 1.65. The van der Waals surface area contributed by atoms with Crippen molar-refractivity contribution in [2.45, 2.75) is 0 Å². The van der Waals surface area contributed by atoms with Gasteiger partial charge in [-0.25, -0.2) is 9.78 Å². The number of aromatic amines is 1. The van der Waals surface area contributed by atoms with E-state index in [9.17, 15) is 4.79 Å². The van der Waals surface area contributed by atoms with Crippen LogP contribution in [0.3, 0.4) is 0 Å². The molecule has 4 N–H and O–H groups in total. The Hall–Kier alpha value is -2.11. The maximum atomic E-state index is 10.5. The number of hydrogen-bond donors (Lipinski definition) is 3. The van der Waals surface area contributed by atoms with Gasteiger partial charge in [-0.1, -0.05) is 0 Å². The van der Waals surface area contributed by atoms with Crippen LogP contribution in [0.5, 0.6) is 0 Å². The third kappa shape index (κ3) is 1.08. The Bertz CT molecular complexity index is 476. The molecule has 0 fully saturated rings. The van der Waals surface area contributed by atoms with Gasteiger partial charge in [-0.3, -0.25) is 5.10 Å². The molecule has 0 spiro atoms. The molecule has 6 nitrogen and oxygen atoms in total. The summed E-state index contributed by atoms with van der Waals surface area (Å²) in [5.41, 5.74) is 6.42. The third-order valence-electron chi connectivity index (χ3n) is 1.65. The summed E-state index contributed by atoms with van der Waals surface area (Å²) in [6, 6.07) is 2.97. The van der Waals surface area contributed by atoms with E-state index in [1.165, 1.54) is 6.07 Å². The number of aromatic carboxylic acids is 1. The molecule has 0 aromatic carbocycles. The van der Waals surface area contributed by atoms with E-state index in [1.54, 1.807) is 6.07 Å². The van der Waals surface area contributed by atoms with Crippen molar-refractivity contribution in [3.63, 3.8) is 0 Å². The van der Waals surface area contributed by atoms with Crippen molar-refractivity contribution >= 4 is 22.8 Å². The largest absolute Gasteiger partial charge is 0.477 e. The number of carboxylic acid groups (broad SMARTS) is 1. The van der Waals surface area contributed by atoms with Crippen molar-refractivity contribution in [1.82, 2.24) is 15.2 Å². The number of anilines is 1. The second-order valence-corrected chi connectivity index (χ2v) is 2.51. The van der Waals surface area contributed by atoms with Gasteiger partial charge in [0.25, 0.3) is 0 Å². The molecule has 0 amide bonds. The molecule has 13 heavy (non-hydrogen) atoms. The molecule has 0 aliphatic rings. The zero-order valence-electron chi connectivity index (χ0n) is 6.48. The van der Waals surface area contributed by atoms with Gasteiger partial charge in [-0.05, 0) is 12.1 Å². The minimum Gasteiger partial charge on any atom is -0.477 e. The number of aromatic nitrogens is 3. The van der Waals surface area contributed by atoms with Gasteiger partial charge in [0.05, 0.1) is 5.52 Å². The number of hydrogen-bond acceptors (Lipinski definition) is 4. The zero-order valence-corrected chi connectivity index (χ0v) is 6.48. The first-order valence-electron chi connectivity index (χ1n) is 3.52. The van der Waals surface area contributed by atoms with Crippen molar-refractivity contribution in [2.75, 3.05) is 5.73 Å². The Morgan fingerprint density at radius 1 is 1.54 bits per heavy atom. The topological polar surface area (TPSA) is 105 Å². The molecule has 0 radical (unpaired) electrons. The fraction of sp³-hybridized carbons (Fsp3) is 0. The van der Waals surface area contributed by atoms with E-state index < -0.39 is 5.97 Å². The monoisotopic (exact) mass is 178 g/mol. The van der Waals surface area contributed by atoms with Gasteiger partial charge < -0.3 is 10.8 Å². The van der Waals surface area contributed by atoms with Crippen LogP contribution >= 0.6 is 0 Å². The van der Waals surface area contributed by atoms with E-state index in [4.69, 9.17) is 10.8 Å². The average molecular weight is 178 g/mol. The standard InChI is InChI=1S/C7H6N4O2/c8-6-5-3(10-11-6)1-2-4(9-5)7(12)13/h1-2H,(H,12,13)(H3,8,10,11). The predicted molar refractivity (Wildman–Crippen MR) is 45.3 cm³/mol. The molecule has 0 saturated carbocycles. The van der Waals surface area contributed by atoms with Crippen LogP contribution in [0.4, 0.5) is 5.82 Å². The quantitative estimate of drug-likeness (QED) is 0.580. The molecule has 66 valence electrons. The van der Waals surface area contributed by atoms with Gasteiger partial charge in [-0.2, -0.15) is 5.10 Å². The number of nitrogens with one attached hydrogen (secondary N) is 1. The second kappa shape index (κ2) is 2.44. The average Bonchev–Trinajstić information content (AvgIpc) is 2.47. The number of nitrogens with two attached hydrogens (primary N) is 1. The van der Waals surface area contributed by atoms with Crippen molar-refractivity contribution in [3.8, 4) is 0 Å². The molecule has 2 aromatic heterocycles. The van der Waals surface area contributed by atoms with Gasteiger partial charge in [0.1, 0.15) is 11.2 Å². The number of nitrogens with zero attached hydrogens (tertiary/aromatic N) is 2. The number of carbonyl (C=O) groups is 1. The Labute approximate surface area is 72.4 Å². The fourth-order valence-electron chi connectivity index (χ4n) is 1.04. The number of H-pyrrole nitrogens is 1. The van der Waals surface area contributed by atoms with Crippen LogP contribution in [0.25, 0.3) is 11.0 Å². The SMILES string of the molecule is Nc1n[nH]c2ccc(C(=O)O)nc12. The van der Waals surface area contributed by atoms with Gasteiger partial charge >= 0.3 is 5.97 Å². The minimum absolute atomic E-state index is 0.0411. The predicted octanol–water partition coefficient (Wildman–Crippen LogP) is 0.238. The molecule has 0 saturated heterocycles. The number of fused-ring (bicyclic) bond motifs is 1. The van der Waals surface area contributed by atoms with Crippen LogP contribution in [0.2, 0.25) is 0 Å². The first-order valence-corrected chi connectivity index (χ1v) is 3.52. The van der Waals surface area contributed by atoms with Gasteiger partial charge in [0.2, 0.25) is 0 Å². The maximum Gasteiger partial charge on any atom is 0.354 e. The highest BCUT2D eigenvalue weighted by Crippen LogP contribution is 2.14. The highest BCUT2D eigenvalue weighted by molar-refractivity contribution is 5.91. The molecule has 0 aliphatic heterocycles. The summed E-state index contributed by atoms with van der Waals surface area (Å²) in [5.74, 6) is -0.874. The Morgan fingerprint density at radius 3 is 3.00 bits per heavy atom. The molecule has 2 rings (SSSR count). The Kier molecular flexibility index (Phi) is 1.42. The summed E-state index contributed by atoms with van der Waals surface area (Å²) in [4.78, 5) is 14.4. The van der Waals surface area contributed by atoms with E-state index >= 15 is 0 Å². The van der Waals surface area contributed by atoms with E-state index in [0.29, 0.717) is 11.0 Å². The van der Waals surface area contributed by atoms with E-state index in [0.717, 1.165) is 0 Å². The molecular formula is C7H6N4O2. The molecule has 2 heterocycles. The fourth-order valence-corrected chi connectivity index (χ4v) is 1.04. The summed E-state index contributed by atoms with van der Waals surface area (Å²) in [5, 5.41) is 15.0. The number of carboxylic acids is 1. The Balaban J connectivity index is 2.72. The number of pyridine rings is 1. The van der Waals surface area contributed by atoms with Gasteiger partial charge in [0, 0.05) is 0 Å². The number of rotatable bonds is 1. The molecular weight excluding hydrogens is 172 g/mol. The lowest BCUT2D eigenvalue weighted by Crippen LogP contribution is -1.99. The lowest BCUT2D eigenvalue weighted by molar-refractivity contribution is 0.0691. The molecule has 0 aliphatic carbocycles. The highest BCUT2D eigenvalue weighted by atomic mass is 16.4. The number of nitrogen functional groups attached to an aromatic ring is 1. The smallest absolute Gasteiger partial charge is 0.354 e. The molecule has 0 atom stereocenters. The van der Waals surface area contributed by atoms with Gasteiger partial charge in [0.15, 0.2) is 5.82 Å². The second-order valence-electron chi connectivity index (χ2n) is 2.51. The van der Waals surface area contributed by atoms with Crippen LogP contribution in [-0.2, 0) is 0 Å². The highest BCUT2D eigenvalue weighted by Gasteiger charge is 2.08. The van der Waals surface area contributed by atoms with Crippen LogP contribution < -0.4 is 5.73 Å². The Morgan fingerprint density at radius 2 is 2.31 bits per heavy atom. The molecule has 0 unspecified atom stereocenters. The summed E-state index contributed by atoms with van der Waals surface area (Å²) >= 11 is 0. The zero-order chi connectivity index (χ0) is 9.42. The summed E-state index contributed by atoms with van der Waals surface area (Å²) < 4.78 is 0. The van der Waals surface area contributed by atoms with Crippen molar-refractivity contribution in [2.24, 2.45) is 0 Å². The van der Waals surface area contributed by atoms with E-state index in [-0.39, 0.29) is 11.5 Å². The summed E-state index contributed by atoms with van der Waals surface area (Å²) in [6.45, 7) is 0. The first kappa shape index (κ1) is 7.53. The first-order chi connectivity index (χ1) is 6.18. The summed E-state index contributed by atoms with van der Waals surface area (Å²) in [6.07, 6.45) is 0. The van der Waals surface area contributed by atoms with Gasteiger partial charge in [-0.15, -0.1) is 0 Å². The van der Waals surface area contributed by atoms with E-state index in [1.807, 2.05) is 0 Å². The summed E-state index contributed by atoms with van der Waals surface area (Å²) in [7, 11) is 0. The normalized spacial score (nSPS) is 10.5. The lowest BCUT2D eigenvalue weighted by atomic mass is 10.3. The van der Waals surface area contributed by atoms with Crippen LogP contribution in [0, 0.1) is 0 Å². The molecule has 2 aromatic rings. The van der Waals surface area contributed by atoms with Crippen LogP contribution in [0.1, 0.15) is 10.5 Å². The molecule has 0 bridgehead atoms. The van der Waals surface area contributed by atoms with Crippen molar-refractivity contribution in [3.05, 3.63) is 17.8 Å². The minimum atomic E-state index is -1.08. The lowest BCUT2D eigenvalue weighted by Gasteiger charge is -1.92. The molecule has 6 heteroatoms. The maximum absolute atomic E-state index is 10.5.